The molecule has 0 saturated heterocycles. The molecule has 0 unspecified atom stereocenters. The predicted octanol–water partition coefficient (Wildman–Crippen LogP) is 2.90. The van der Waals surface area contributed by atoms with Crippen LogP contribution in [0.15, 0.2) is 40.8 Å². The third kappa shape index (κ3) is 4.08. The lowest BCUT2D eigenvalue weighted by Gasteiger charge is -2.09. The third-order valence-corrected chi connectivity index (χ3v) is 4.97. The Morgan fingerprint density at radius 1 is 1.20 bits per heavy atom. The minimum Gasteiger partial charge on any atom is -0.385 e. The molecule has 1 aliphatic carbocycles. The number of hydrogen-bond acceptors (Lipinski definition) is 3. The van der Waals surface area contributed by atoms with E-state index in [9.17, 15) is 8.42 Å². The molecule has 0 atom stereocenters. The van der Waals surface area contributed by atoms with Gasteiger partial charge in [0.15, 0.2) is 0 Å². The molecule has 2 rings (SSSR count). The minimum absolute atomic E-state index is 0.309. The quantitative estimate of drug-likeness (QED) is 0.760. The molecule has 4 nitrogen and oxygen atoms in total. The Kier molecular flexibility index (Phi) is 5.20. The number of hydrogen-bond donors (Lipinski definition) is 2. The van der Waals surface area contributed by atoms with Crippen molar-refractivity contribution >= 4 is 15.7 Å². The highest BCUT2D eigenvalue weighted by atomic mass is 32.2. The molecule has 0 saturated carbocycles. The highest BCUT2D eigenvalue weighted by Crippen LogP contribution is 2.20. The summed E-state index contributed by atoms with van der Waals surface area (Å²) in [6.45, 7) is 3.06. The first-order valence-electron chi connectivity index (χ1n) is 7.13. The molecule has 0 heterocycles. The average molecular weight is 294 g/mol. The van der Waals surface area contributed by atoms with Crippen LogP contribution in [0.1, 0.15) is 32.6 Å². The van der Waals surface area contributed by atoms with E-state index in [0.717, 1.165) is 18.7 Å². The normalized spacial score (nSPS) is 15.2. The van der Waals surface area contributed by atoms with Crippen LogP contribution in [0.4, 0.5) is 5.69 Å². The van der Waals surface area contributed by atoms with Crippen molar-refractivity contribution in [1.29, 1.82) is 0 Å². The van der Waals surface area contributed by atoms with Crippen molar-refractivity contribution in [2.75, 3.05) is 18.4 Å². The second kappa shape index (κ2) is 6.90. The topological polar surface area (TPSA) is 58.2 Å². The molecule has 2 N–H and O–H groups in total. The molecule has 0 spiro atoms. The van der Waals surface area contributed by atoms with Gasteiger partial charge in [0.05, 0.1) is 4.90 Å². The van der Waals surface area contributed by atoms with Crippen molar-refractivity contribution < 1.29 is 8.42 Å². The lowest BCUT2D eigenvalue weighted by atomic mass is 10.1. The van der Waals surface area contributed by atoms with Gasteiger partial charge in [0.1, 0.15) is 0 Å². The van der Waals surface area contributed by atoms with Crippen LogP contribution in [0.2, 0.25) is 0 Å². The lowest BCUT2D eigenvalue weighted by molar-refractivity contribution is 0.584. The molecular formula is C15H22N2O2S. The molecule has 0 aromatic heterocycles. The van der Waals surface area contributed by atoms with E-state index < -0.39 is 10.0 Å². The zero-order valence-electron chi connectivity index (χ0n) is 11.9. The van der Waals surface area contributed by atoms with E-state index in [0.29, 0.717) is 11.4 Å². The summed E-state index contributed by atoms with van der Waals surface area (Å²) in [4.78, 5) is 0.309. The fourth-order valence-corrected chi connectivity index (χ4v) is 3.40. The summed E-state index contributed by atoms with van der Waals surface area (Å²) in [5, 5.41) is 3.33. The minimum atomic E-state index is -3.35. The molecule has 110 valence electrons. The van der Waals surface area contributed by atoms with Crippen LogP contribution >= 0.6 is 0 Å². The fourth-order valence-electron chi connectivity index (χ4n) is 2.36. The van der Waals surface area contributed by atoms with E-state index >= 15 is 0 Å². The zero-order chi connectivity index (χ0) is 14.4. The van der Waals surface area contributed by atoms with Crippen molar-refractivity contribution in [3.05, 3.63) is 35.9 Å². The summed E-state index contributed by atoms with van der Waals surface area (Å²) in [6.07, 6.45) is 7.12. The maximum Gasteiger partial charge on any atom is 0.240 e. The Hall–Kier alpha value is -1.33. The standard InChI is InChI=1S/C15H22N2O2S/c1-2-17-20(18,19)15-9-7-14(8-10-15)16-12-11-13-5-3-4-6-13/h5,7-10,16-17H,2-4,6,11-12H2,1H3. The van der Waals surface area contributed by atoms with Crippen molar-refractivity contribution in [2.24, 2.45) is 0 Å². The van der Waals surface area contributed by atoms with Gasteiger partial charge in [0.25, 0.3) is 0 Å². The van der Waals surface area contributed by atoms with E-state index in [2.05, 4.69) is 16.1 Å². The maximum absolute atomic E-state index is 11.8. The van der Waals surface area contributed by atoms with Crippen LogP contribution in [0, 0.1) is 0 Å². The van der Waals surface area contributed by atoms with Gasteiger partial charge in [0.2, 0.25) is 10.0 Å². The van der Waals surface area contributed by atoms with Crippen molar-refractivity contribution in [1.82, 2.24) is 4.72 Å². The zero-order valence-corrected chi connectivity index (χ0v) is 12.7. The number of nitrogens with one attached hydrogen (secondary N) is 2. The van der Waals surface area contributed by atoms with Gasteiger partial charge >= 0.3 is 0 Å². The van der Waals surface area contributed by atoms with Crippen LogP contribution in [0.25, 0.3) is 0 Å². The first-order valence-corrected chi connectivity index (χ1v) is 8.61. The molecule has 0 bridgehead atoms. The SMILES string of the molecule is CCNS(=O)(=O)c1ccc(NCCC2=CCCC2)cc1. The van der Waals surface area contributed by atoms with Crippen LogP contribution in [-0.2, 0) is 10.0 Å². The summed E-state index contributed by atoms with van der Waals surface area (Å²) in [6, 6.07) is 6.89. The predicted molar refractivity (Wildman–Crippen MR) is 82.3 cm³/mol. The largest absolute Gasteiger partial charge is 0.385 e. The first-order chi connectivity index (χ1) is 9.62. The van der Waals surface area contributed by atoms with Crippen LogP contribution in [0.3, 0.4) is 0 Å². The average Bonchev–Trinajstić information content (AvgIpc) is 2.92. The molecule has 0 aliphatic heterocycles. The van der Waals surface area contributed by atoms with Crippen LogP contribution < -0.4 is 10.0 Å². The maximum atomic E-state index is 11.8. The lowest BCUT2D eigenvalue weighted by Crippen LogP contribution is -2.23. The second-order valence-corrected chi connectivity index (χ2v) is 6.72. The molecule has 1 aromatic carbocycles. The molecule has 0 amide bonds. The summed E-state index contributed by atoms with van der Waals surface area (Å²) < 4.78 is 26.1. The number of benzene rings is 1. The molecule has 1 aliphatic rings. The van der Waals surface area contributed by atoms with E-state index in [-0.39, 0.29) is 0 Å². The van der Waals surface area contributed by atoms with Gasteiger partial charge in [-0.25, -0.2) is 13.1 Å². The van der Waals surface area contributed by atoms with Crippen molar-refractivity contribution in [2.45, 2.75) is 37.5 Å². The van der Waals surface area contributed by atoms with Gasteiger partial charge in [-0.15, -0.1) is 0 Å². The summed E-state index contributed by atoms with van der Waals surface area (Å²) in [5.74, 6) is 0. The third-order valence-electron chi connectivity index (χ3n) is 3.41. The van der Waals surface area contributed by atoms with Crippen LogP contribution in [-0.4, -0.2) is 21.5 Å². The molecule has 20 heavy (non-hydrogen) atoms. The molecular weight excluding hydrogens is 272 g/mol. The van der Waals surface area contributed by atoms with Crippen molar-refractivity contribution in [3.63, 3.8) is 0 Å². The van der Waals surface area contributed by atoms with E-state index in [1.165, 1.54) is 24.8 Å². The number of sulfonamides is 1. The highest BCUT2D eigenvalue weighted by molar-refractivity contribution is 7.89. The Bertz CT molecular complexity index is 562. The molecule has 0 fully saturated rings. The number of allylic oxidation sites excluding steroid dienone is 1. The van der Waals surface area contributed by atoms with Gasteiger partial charge in [-0.3, -0.25) is 0 Å². The number of anilines is 1. The second-order valence-electron chi connectivity index (χ2n) is 4.96. The molecule has 5 heteroatoms. The molecule has 1 aromatic rings. The first kappa shape index (κ1) is 15.1. The summed E-state index contributed by atoms with van der Waals surface area (Å²) in [7, 11) is -3.35. The van der Waals surface area contributed by atoms with Gasteiger partial charge in [-0.2, -0.15) is 0 Å². The number of rotatable bonds is 7. The van der Waals surface area contributed by atoms with E-state index in [1.54, 1.807) is 19.1 Å². The highest BCUT2D eigenvalue weighted by Gasteiger charge is 2.11. The van der Waals surface area contributed by atoms with Crippen LogP contribution in [0.5, 0.6) is 0 Å². The Morgan fingerprint density at radius 2 is 1.95 bits per heavy atom. The Labute approximate surface area is 121 Å². The Morgan fingerprint density at radius 3 is 2.55 bits per heavy atom. The van der Waals surface area contributed by atoms with Gasteiger partial charge in [-0.1, -0.05) is 18.6 Å². The van der Waals surface area contributed by atoms with Gasteiger partial charge < -0.3 is 5.32 Å². The monoisotopic (exact) mass is 294 g/mol. The molecule has 0 radical (unpaired) electrons. The summed E-state index contributed by atoms with van der Waals surface area (Å²) in [5.41, 5.74) is 2.49. The van der Waals surface area contributed by atoms with E-state index in [1.807, 2.05) is 12.1 Å². The summed E-state index contributed by atoms with van der Waals surface area (Å²) >= 11 is 0. The van der Waals surface area contributed by atoms with Gasteiger partial charge in [0, 0.05) is 18.8 Å². The fraction of sp³-hybridized carbons (Fsp3) is 0.467. The Balaban J connectivity index is 1.88. The van der Waals surface area contributed by atoms with E-state index in [4.69, 9.17) is 0 Å². The van der Waals surface area contributed by atoms with Gasteiger partial charge in [-0.05, 0) is 49.9 Å². The van der Waals surface area contributed by atoms with Crippen molar-refractivity contribution in [3.8, 4) is 0 Å². The smallest absolute Gasteiger partial charge is 0.240 e.